The fraction of sp³-hybridized carbons (Fsp3) is 0.136. The molecular weight excluding hydrogens is 326 g/mol. The van der Waals surface area contributed by atoms with Crippen LogP contribution in [0.3, 0.4) is 0 Å². The van der Waals surface area contributed by atoms with Crippen LogP contribution in [0, 0.1) is 0 Å². The first-order valence-corrected chi connectivity index (χ1v) is 8.70. The number of hydrogen-bond acceptors (Lipinski definition) is 3. The average Bonchev–Trinajstić information content (AvgIpc) is 3.05. The van der Waals surface area contributed by atoms with Crippen molar-refractivity contribution in [3.05, 3.63) is 77.4 Å². The topological polar surface area (TPSA) is 47.6 Å². The maximum atomic E-state index is 12.6. The van der Waals surface area contributed by atoms with Gasteiger partial charge in [-0.05, 0) is 59.0 Å². The number of carbonyl (C=O) groups is 1. The minimum atomic E-state index is -0.155. The Morgan fingerprint density at radius 2 is 1.62 bits per heavy atom. The van der Waals surface area contributed by atoms with Crippen molar-refractivity contribution in [3.8, 4) is 22.6 Å². The van der Waals surface area contributed by atoms with Gasteiger partial charge < -0.3 is 14.8 Å². The molecule has 0 atom stereocenters. The van der Waals surface area contributed by atoms with Crippen molar-refractivity contribution in [2.75, 3.05) is 18.5 Å². The third-order valence-corrected chi connectivity index (χ3v) is 4.86. The zero-order chi connectivity index (χ0) is 17.5. The molecule has 1 aliphatic heterocycles. The molecule has 26 heavy (non-hydrogen) atoms. The Bertz CT molecular complexity index is 1030. The first kappa shape index (κ1) is 15.0. The monoisotopic (exact) mass is 343 g/mol. The Labute approximate surface area is 151 Å². The summed E-state index contributed by atoms with van der Waals surface area (Å²) in [5.74, 6) is 1.15. The highest BCUT2D eigenvalue weighted by atomic mass is 16.6. The lowest BCUT2D eigenvalue weighted by Crippen LogP contribution is -2.17. The SMILES string of the molecule is O=C(Nc1ccc2c(c1)Cc1ccccc1-2)c1ccc2c(c1)OCCO2. The first-order valence-electron chi connectivity index (χ1n) is 8.70. The molecule has 0 fully saturated rings. The van der Waals surface area contributed by atoms with E-state index >= 15 is 0 Å². The predicted molar refractivity (Wildman–Crippen MR) is 100 cm³/mol. The van der Waals surface area contributed by atoms with Gasteiger partial charge in [0.1, 0.15) is 13.2 Å². The minimum Gasteiger partial charge on any atom is -0.486 e. The Morgan fingerprint density at radius 1 is 0.808 bits per heavy atom. The summed E-state index contributed by atoms with van der Waals surface area (Å²) < 4.78 is 11.1. The van der Waals surface area contributed by atoms with Gasteiger partial charge in [0.25, 0.3) is 5.91 Å². The molecule has 0 bridgehead atoms. The lowest BCUT2D eigenvalue weighted by atomic mass is 10.1. The third kappa shape index (κ3) is 2.51. The molecule has 1 aliphatic carbocycles. The quantitative estimate of drug-likeness (QED) is 0.591. The van der Waals surface area contributed by atoms with Crippen LogP contribution < -0.4 is 14.8 Å². The summed E-state index contributed by atoms with van der Waals surface area (Å²) in [7, 11) is 0. The maximum Gasteiger partial charge on any atom is 0.255 e. The smallest absolute Gasteiger partial charge is 0.255 e. The second-order valence-electron chi connectivity index (χ2n) is 6.52. The predicted octanol–water partition coefficient (Wildman–Crippen LogP) is 4.28. The molecule has 1 amide bonds. The summed E-state index contributed by atoms with van der Waals surface area (Å²) in [6.07, 6.45) is 0.902. The highest BCUT2D eigenvalue weighted by Crippen LogP contribution is 2.37. The van der Waals surface area contributed by atoms with Gasteiger partial charge in [0.05, 0.1) is 0 Å². The molecular formula is C22H17NO3. The fourth-order valence-corrected chi connectivity index (χ4v) is 3.61. The molecule has 2 aliphatic rings. The Balaban J connectivity index is 1.39. The lowest BCUT2D eigenvalue weighted by molar-refractivity contribution is 0.102. The van der Waals surface area contributed by atoms with E-state index in [2.05, 4.69) is 41.7 Å². The first-order chi connectivity index (χ1) is 12.8. The van der Waals surface area contributed by atoms with Crippen LogP contribution in [0.2, 0.25) is 0 Å². The van der Waals surface area contributed by atoms with Crippen LogP contribution in [0.4, 0.5) is 5.69 Å². The Hall–Kier alpha value is -3.27. The van der Waals surface area contributed by atoms with Crippen molar-refractivity contribution in [3.63, 3.8) is 0 Å². The number of nitrogens with one attached hydrogen (secondary N) is 1. The van der Waals surface area contributed by atoms with Gasteiger partial charge in [-0.3, -0.25) is 4.79 Å². The Morgan fingerprint density at radius 3 is 2.54 bits per heavy atom. The van der Waals surface area contributed by atoms with E-state index in [0.29, 0.717) is 30.3 Å². The molecule has 0 aromatic heterocycles. The van der Waals surface area contributed by atoms with Crippen LogP contribution in [0.1, 0.15) is 21.5 Å². The molecule has 0 spiro atoms. The molecule has 1 N–H and O–H groups in total. The van der Waals surface area contributed by atoms with Crippen molar-refractivity contribution in [2.24, 2.45) is 0 Å². The number of ether oxygens (including phenoxy) is 2. The number of anilines is 1. The van der Waals surface area contributed by atoms with Crippen molar-refractivity contribution >= 4 is 11.6 Å². The molecule has 0 saturated carbocycles. The zero-order valence-electron chi connectivity index (χ0n) is 14.1. The second kappa shape index (κ2) is 5.92. The van der Waals surface area contributed by atoms with E-state index in [1.54, 1.807) is 18.2 Å². The van der Waals surface area contributed by atoms with Gasteiger partial charge in [0.15, 0.2) is 11.5 Å². The van der Waals surface area contributed by atoms with Crippen LogP contribution in [0.5, 0.6) is 11.5 Å². The van der Waals surface area contributed by atoms with Crippen molar-refractivity contribution < 1.29 is 14.3 Å². The third-order valence-electron chi connectivity index (χ3n) is 4.86. The summed E-state index contributed by atoms with van der Waals surface area (Å²) in [6, 6.07) is 19.8. The summed E-state index contributed by atoms with van der Waals surface area (Å²) in [6.45, 7) is 1.04. The van der Waals surface area contributed by atoms with Gasteiger partial charge in [-0.2, -0.15) is 0 Å². The number of benzene rings is 3. The molecule has 3 aromatic rings. The Kier molecular flexibility index (Phi) is 3.42. The van der Waals surface area contributed by atoms with Crippen LogP contribution in [-0.4, -0.2) is 19.1 Å². The number of fused-ring (bicyclic) bond motifs is 4. The van der Waals surface area contributed by atoms with Gasteiger partial charge in [-0.1, -0.05) is 30.3 Å². The normalized spacial score (nSPS) is 13.7. The fourth-order valence-electron chi connectivity index (χ4n) is 3.61. The van der Waals surface area contributed by atoms with Crippen LogP contribution >= 0.6 is 0 Å². The molecule has 0 unspecified atom stereocenters. The van der Waals surface area contributed by atoms with Crippen molar-refractivity contribution in [1.82, 2.24) is 0 Å². The van der Waals surface area contributed by atoms with Gasteiger partial charge in [0.2, 0.25) is 0 Å². The van der Waals surface area contributed by atoms with E-state index in [-0.39, 0.29) is 5.91 Å². The zero-order valence-corrected chi connectivity index (χ0v) is 14.1. The van der Waals surface area contributed by atoms with E-state index in [1.165, 1.54) is 22.3 Å². The van der Waals surface area contributed by atoms with Gasteiger partial charge in [-0.25, -0.2) is 0 Å². The summed E-state index contributed by atoms with van der Waals surface area (Å²) in [5.41, 5.74) is 6.46. The minimum absolute atomic E-state index is 0.155. The van der Waals surface area contributed by atoms with Gasteiger partial charge in [-0.15, -0.1) is 0 Å². The molecule has 0 saturated heterocycles. The molecule has 4 nitrogen and oxygen atoms in total. The molecule has 128 valence electrons. The van der Waals surface area contributed by atoms with Crippen molar-refractivity contribution in [2.45, 2.75) is 6.42 Å². The number of amides is 1. The molecule has 4 heteroatoms. The van der Waals surface area contributed by atoms with E-state index < -0.39 is 0 Å². The number of carbonyl (C=O) groups excluding carboxylic acids is 1. The van der Waals surface area contributed by atoms with Crippen molar-refractivity contribution in [1.29, 1.82) is 0 Å². The second-order valence-corrected chi connectivity index (χ2v) is 6.52. The average molecular weight is 343 g/mol. The largest absolute Gasteiger partial charge is 0.486 e. The maximum absolute atomic E-state index is 12.6. The summed E-state index contributed by atoms with van der Waals surface area (Å²) in [4.78, 5) is 12.6. The number of hydrogen-bond donors (Lipinski definition) is 1. The molecule has 3 aromatic carbocycles. The van der Waals surface area contributed by atoms with E-state index in [0.717, 1.165) is 12.1 Å². The van der Waals surface area contributed by atoms with Crippen LogP contribution in [0.25, 0.3) is 11.1 Å². The highest BCUT2D eigenvalue weighted by Gasteiger charge is 2.19. The standard InChI is InChI=1S/C22H17NO3/c24-22(15-5-8-20-21(13-15)26-10-9-25-20)23-17-6-7-19-16(12-17)11-14-3-1-2-4-18(14)19/h1-8,12-13H,9-11H2,(H,23,24). The molecule has 0 radical (unpaired) electrons. The van der Waals surface area contributed by atoms with E-state index in [4.69, 9.17) is 9.47 Å². The lowest BCUT2D eigenvalue weighted by Gasteiger charge is -2.18. The summed E-state index contributed by atoms with van der Waals surface area (Å²) >= 11 is 0. The summed E-state index contributed by atoms with van der Waals surface area (Å²) in [5, 5.41) is 2.99. The van der Waals surface area contributed by atoms with E-state index in [1.807, 2.05) is 6.07 Å². The van der Waals surface area contributed by atoms with Crippen LogP contribution in [0.15, 0.2) is 60.7 Å². The highest BCUT2D eigenvalue weighted by molar-refractivity contribution is 6.05. The molecule has 1 heterocycles. The number of rotatable bonds is 2. The van der Waals surface area contributed by atoms with Crippen LogP contribution in [-0.2, 0) is 6.42 Å². The van der Waals surface area contributed by atoms with Gasteiger partial charge in [0, 0.05) is 11.3 Å². The van der Waals surface area contributed by atoms with E-state index in [9.17, 15) is 4.79 Å². The van der Waals surface area contributed by atoms with Gasteiger partial charge >= 0.3 is 0 Å². The molecule has 5 rings (SSSR count).